The second-order valence-corrected chi connectivity index (χ2v) is 4.33. The Morgan fingerprint density at radius 1 is 1.31 bits per heavy atom. The van der Waals surface area contributed by atoms with Crippen molar-refractivity contribution in [3.63, 3.8) is 0 Å². The summed E-state index contributed by atoms with van der Waals surface area (Å²) >= 11 is 0. The highest BCUT2D eigenvalue weighted by atomic mass is 14.9. The van der Waals surface area contributed by atoms with E-state index in [0.717, 1.165) is 6.54 Å². The highest BCUT2D eigenvalue weighted by Gasteiger charge is 2.02. The van der Waals surface area contributed by atoms with E-state index in [1.165, 1.54) is 22.0 Å². The lowest BCUT2D eigenvalue weighted by atomic mass is 10.2. The molecule has 0 bridgehead atoms. The van der Waals surface area contributed by atoms with Gasteiger partial charge in [-0.25, -0.2) is 0 Å². The van der Waals surface area contributed by atoms with Gasteiger partial charge < -0.3 is 4.57 Å². The van der Waals surface area contributed by atoms with E-state index in [1.807, 2.05) is 0 Å². The molecule has 0 amide bonds. The fourth-order valence-corrected chi connectivity index (χ4v) is 1.93. The van der Waals surface area contributed by atoms with E-state index < -0.39 is 0 Å². The second-order valence-electron chi connectivity index (χ2n) is 4.33. The highest BCUT2D eigenvalue weighted by Crippen LogP contribution is 2.20. The van der Waals surface area contributed by atoms with Gasteiger partial charge in [-0.2, -0.15) is 0 Å². The van der Waals surface area contributed by atoms with Crippen LogP contribution in [-0.4, -0.2) is 4.57 Å². The van der Waals surface area contributed by atoms with E-state index in [-0.39, 0.29) is 0 Å². The van der Waals surface area contributed by atoms with Crippen LogP contribution in [0.1, 0.15) is 19.4 Å². The van der Waals surface area contributed by atoms with Crippen LogP contribution >= 0.6 is 0 Å². The summed E-state index contributed by atoms with van der Waals surface area (Å²) in [5.74, 6) is 0. The number of rotatable bonds is 2. The van der Waals surface area contributed by atoms with Gasteiger partial charge in [0.05, 0.1) is 0 Å². The Labute approximate surface area is 96.7 Å². The van der Waals surface area contributed by atoms with Crippen LogP contribution < -0.4 is 0 Å². The average Bonchev–Trinajstić information content (AvgIpc) is 2.57. The predicted molar refractivity (Wildman–Crippen MR) is 69.6 cm³/mol. The maximum absolute atomic E-state index is 3.24. The van der Waals surface area contributed by atoms with E-state index in [9.17, 15) is 0 Å². The molecule has 0 N–H and O–H groups in total. The first-order valence-electron chi connectivity index (χ1n) is 5.61. The lowest BCUT2D eigenvalue weighted by Crippen LogP contribution is -1.91. The van der Waals surface area contributed by atoms with Gasteiger partial charge in [0.2, 0.25) is 0 Å². The number of aryl methyl sites for hydroxylation is 1. The Kier molecular flexibility index (Phi) is 2.98. The van der Waals surface area contributed by atoms with E-state index >= 15 is 0 Å². The third-order valence-corrected chi connectivity index (χ3v) is 2.67. The number of para-hydroxylation sites is 1. The quantitative estimate of drug-likeness (QED) is 0.660. The minimum atomic E-state index is 0.888. The zero-order valence-corrected chi connectivity index (χ0v) is 10.1. The summed E-state index contributed by atoms with van der Waals surface area (Å²) in [6.07, 6.45) is 4.29. The van der Waals surface area contributed by atoms with E-state index in [1.54, 1.807) is 0 Å². The zero-order valence-electron chi connectivity index (χ0n) is 10.1. The second kappa shape index (κ2) is 4.42. The van der Waals surface area contributed by atoms with Crippen LogP contribution in [0, 0.1) is 6.92 Å². The monoisotopic (exact) mass is 211 g/mol. The van der Waals surface area contributed by atoms with Crippen LogP contribution in [0.4, 0.5) is 0 Å². The van der Waals surface area contributed by atoms with Crippen LogP contribution in [0.5, 0.6) is 0 Å². The zero-order chi connectivity index (χ0) is 11.5. The van der Waals surface area contributed by atoms with Crippen molar-refractivity contribution in [1.29, 1.82) is 0 Å². The van der Waals surface area contributed by atoms with Crippen LogP contribution in [0.15, 0.2) is 47.8 Å². The topological polar surface area (TPSA) is 4.93 Å². The summed E-state index contributed by atoms with van der Waals surface area (Å²) < 4.78 is 2.26. The number of hydrogen-bond donors (Lipinski definition) is 0. The van der Waals surface area contributed by atoms with E-state index in [2.05, 4.69) is 67.6 Å². The smallest absolute Gasteiger partial charge is 0.0486 e. The SMILES string of the molecule is CC(C)=C=CCn1cc(C)c2ccccc21. The van der Waals surface area contributed by atoms with Gasteiger partial charge in [-0.05, 0) is 44.1 Å². The molecule has 0 spiro atoms. The Bertz CT molecular complexity index is 562. The molecular weight excluding hydrogens is 194 g/mol. The maximum Gasteiger partial charge on any atom is 0.0486 e. The molecule has 0 saturated carbocycles. The van der Waals surface area contributed by atoms with Gasteiger partial charge in [-0.3, -0.25) is 0 Å². The maximum atomic E-state index is 3.24. The molecule has 1 aromatic carbocycles. The van der Waals surface area contributed by atoms with Gasteiger partial charge in [0.15, 0.2) is 0 Å². The minimum absolute atomic E-state index is 0.888. The molecule has 2 aromatic rings. The van der Waals surface area contributed by atoms with Crippen LogP contribution in [-0.2, 0) is 6.54 Å². The summed E-state index contributed by atoms with van der Waals surface area (Å²) in [5, 5.41) is 1.34. The molecule has 1 heterocycles. The number of hydrogen-bond acceptors (Lipinski definition) is 0. The summed E-state index contributed by atoms with van der Waals surface area (Å²) in [5.41, 5.74) is 7.09. The van der Waals surface area contributed by atoms with Gasteiger partial charge in [0.1, 0.15) is 0 Å². The Hall–Kier alpha value is -1.72. The fraction of sp³-hybridized carbons (Fsp3) is 0.267. The number of benzene rings is 1. The third-order valence-electron chi connectivity index (χ3n) is 2.67. The molecular formula is C15H17N. The van der Waals surface area contributed by atoms with Gasteiger partial charge in [0, 0.05) is 23.6 Å². The summed E-state index contributed by atoms with van der Waals surface area (Å²) in [7, 11) is 0. The molecule has 0 aliphatic heterocycles. The summed E-state index contributed by atoms with van der Waals surface area (Å²) in [4.78, 5) is 0. The normalized spacial score (nSPS) is 10.2. The first-order valence-corrected chi connectivity index (χ1v) is 5.61. The Morgan fingerprint density at radius 2 is 2.06 bits per heavy atom. The van der Waals surface area contributed by atoms with E-state index in [0.29, 0.717) is 0 Å². The third kappa shape index (κ3) is 2.10. The molecule has 0 atom stereocenters. The molecule has 0 fully saturated rings. The van der Waals surface area contributed by atoms with Crippen LogP contribution in [0.2, 0.25) is 0 Å². The molecule has 0 aliphatic rings. The van der Waals surface area contributed by atoms with Crippen LogP contribution in [0.3, 0.4) is 0 Å². The predicted octanol–water partition coefficient (Wildman–Crippen LogP) is 4.07. The number of fused-ring (bicyclic) bond motifs is 1. The fourth-order valence-electron chi connectivity index (χ4n) is 1.93. The molecule has 1 nitrogen and oxygen atoms in total. The van der Waals surface area contributed by atoms with Crippen molar-refractivity contribution in [2.24, 2.45) is 0 Å². The number of nitrogens with zero attached hydrogens (tertiary/aromatic N) is 1. The average molecular weight is 211 g/mol. The standard InChI is InChI=1S/C15H17N/c1-12(2)7-6-10-16-11-13(3)14-8-4-5-9-15(14)16/h4-6,8-9,11H,10H2,1-3H3. The van der Waals surface area contributed by atoms with Gasteiger partial charge in [0.25, 0.3) is 0 Å². The van der Waals surface area contributed by atoms with Crippen molar-refractivity contribution in [1.82, 2.24) is 4.57 Å². The molecule has 16 heavy (non-hydrogen) atoms. The van der Waals surface area contributed by atoms with Crippen molar-refractivity contribution in [2.75, 3.05) is 0 Å². The highest BCUT2D eigenvalue weighted by molar-refractivity contribution is 5.83. The van der Waals surface area contributed by atoms with E-state index in [4.69, 9.17) is 0 Å². The number of allylic oxidation sites excluding steroid dienone is 1. The molecule has 0 saturated heterocycles. The molecule has 1 aromatic heterocycles. The van der Waals surface area contributed by atoms with Crippen molar-refractivity contribution < 1.29 is 0 Å². The van der Waals surface area contributed by atoms with Gasteiger partial charge >= 0.3 is 0 Å². The Balaban J connectivity index is 2.42. The number of aromatic nitrogens is 1. The molecule has 0 unspecified atom stereocenters. The molecule has 2 rings (SSSR count). The first-order chi connectivity index (χ1) is 7.68. The Morgan fingerprint density at radius 3 is 2.81 bits per heavy atom. The van der Waals surface area contributed by atoms with Crippen LogP contribution in [0.25, 0.3) is 10.9 Å². The van der Waals surface area contributed by atoms with Crippen molar-refractivity contribution in [2.45, 2.75) is 27.3 Å². The molecule has 82 valence electrons. The lowest BCUT2D eigenvalue weighted by Gasteiger charge is -1.99. The van der Waals surface area contributed by atoms with Crippen molar-refractivity contribution in [3.05, 3.63) is 53.4 Å². The summed E-state index contributed by atoms with van der Waals surface area (Å²) in [6, 6.07) is 8.51. The lowest BCUT2D eigenvalue weighted by molar-refractivity contribution is 0.861. The molecule has 1 heteroatoms. The van der Waals surface area contributed by atoms with Gasteiger partial charge in [-0.1, -0.05) is 18.2 Å². The van der Waals surface area contributed by atoms with Gasteiger partial charge in [-0.15, -0.1) is 5.73 Å². The first kappa shape index (κ1) is 10.8. The van der Waals surface area contributed by atoms with Crippen molar-refractivity contribution in [3.8, 4) is 0 Å². The van der Waals surface area contributed by atoms with Crippen molar-refractivity contribution >= 4 is 10.9 Å². The summed E-state index contributed by atoms with van der Waals surface area (Å²) in [6.45, 7) is 7.17. The largest absolute Gasteiger partial charge is 0.343 e. The minimum Gasteiger partial charge on any atom is -0.343 e. The molecule has 0 aliphatic carbocycles. The molecule has 0 radical (unpaired) electrons.